The molecule has 0 aliphatic heterocycles. The van der Waals surface area contributed by atoms with Gasteiger partial charge in [0.1, 0.15) is 11.6 Å². The van der Waals surface area contributed by atoms with Crippen molar-refractivity contribution in [1.29, 1.82) is 0 Å². The first-order chi connectivity index (χ1) is 12.1. The number of aliphatic carboxylic acids is 1. The van der Waals surface area contributed by atoms with Gasteiger partial charge in [-0.05, 0) is 29.8 Å². The Morgan fingerprint density at radius 1 is 1.32 bits per heavy atom. The van der Waals surface area contributed by atoms with Crippen LogP contribution >= 0.6 is 0 Å². The number of fused-ring (bicyclic) bond motifs is 1. The molecule has 128 valence electrons. The molecule has 0 unspecified atom stereocenters. The first kappa shape index (κ1) is 16.5. The lowest BCUT2D eigenvalue weighted by molar-refractivity contribution is -0.131. The van der Waals surface area contributed by atoms with Gasteiger partial charge in [0.15, 0.2) is 0 Å². The number of aromatic nitrogens is 3. The number of hydrogen-bond acceptors (Lipinski definition) is 5. The third kappa shape index (κ3) is 3.45. The van der Waals surface area contributed by atoms with Gasteiger partial charge in [-0.2, -0.15) is 5.10 Å². The smallest absolute Gasteiger partial charge is 0.328 e. The number of ether oxygens (including phenoxy) is 1. The normalized spacial score (nSPS) is 11.1. The number of nitrogens with zero attached hydrogens (tertiary/aromatic N) is 3. The summed E-state index contributed by atoms with van der Waals surface area (Å²) in [6.45, 7) is 0.550. The number of hydrogen-bond donors (Lipinski definition) is 2. The number of carbonyl (C=O) groups is 1. The van der Waals surface area contributed by atoms with Gasteiger partial charge >= 0.3 is 5.97 Å². The molecule has 0 amide bonds. The van der Waals surface area contributed by atoms with Crippen molar-refractivity contribution in [1.82, 2.24) is 14.8 Å². The van der Waals surface area contributed by atoms with Gasteiger partial charge in [-0.3, -0.25) is 4.68 Å². The van der Waals surface area contributed by atoms with Crippen molar-refractivity contribution in [3.05, 3.63) is 53.9 Å². The van der Waals surface area contributed by atoms with Crippen LogP contribution in [0.15, 0.2) is 42.6 Å². The third-order valence-electron chi connectivity index (χ3n) is 3.80. The van der Waals surface area contributed by atoms with Gasteiger partial charge in [0.05, 0.1) is 30.3 Å². The number of carboxylic acid groups (broad SMARTS) is 1. The number of rotatable bonds is 6. The summed E-state index contributed by atoms with van der Waals surface area (Å²) in [7, 11) is 3.40. The highest BCUT2D eigenvalue weighted by Gasteiger charge is 2.13. The summed E-state index contributed by atoms with van der Waals surface area (Å²) in [6.07, 6.45) is 4.26. The van der Waals surface area contributed by atoms with E-state index in [2.05, 4.69) is 15.4 Å². The predicted molar refractivity (Wildman–Crippen MR) is 95.8 cm³/mol. The summed E-state index contributed by atoms with van der Waals surface area (Å²) in [5.74, 6) is 0.428. The summed E-state index contributed by atoms with van der Waals surface area (Å²) in [5.41, 5.74) is 2.49. The zero-order valence-corrected chi connectivity index (χ0v) is 13.9. The van der Waals surface area contributed by atoms with Gasteiger partial charge < -0.3 is 15.2 Å². The molecule has 0 fully saturated rings. The lowest BCUT2D eigenvalue weighted by atomic mass is 10.2. The number of pyridine rings is 1. The first-order valence-corrected chi connectivity index (χ1v) is 7.69. The predicted octanol–water partition coefficient (Wildman–Crippen LogP) is 2.63. The zero-order valence-electron chi connectivity index (χ0n) is 13.9. The number of methoxy groups -OCH3 is 1. The standard InChI is InChI=1S/C18H18N4O3/c1-19-18-17-14(7-8-16(23)24)21-22(15(17)9-10-20-18)11-12-3-5-13(25-2)6-4-12/h3-10H,11H2,1-2H3,(H,19,20)(H,23,24)/b8-7+. The third-order valence-corrected chi connectivity index (χ3v) is 3.80. The summed E-state index contributed by atoms with van der Waals surface area (Å²) < 4.78 is 7.01. The average Bonchev–Trinajstić information content (AvgIpc) is 2.98. The summed E-state index contributed by atoms with van der Waals surface area (Å²) in [6, 6.07) is 9.60. The Bertz CT molecular complexity index is 929. The van der Waals surface area contributed by atoms with Crippen LogP contribution in [0.4, 0.5) is 5.82 Å². The second-order valence-corrected chi connectivity index (χ2v) is 5.37. The molecular formula is C18H18N4O3. The van der Waals surface area contributed by atoms with Crippen molar-refractivity contribution < 1.29 is 14.6 Å². The lowest BCUT2D eigenvalue weighted by Gasteiger charge is -2.06. The van der Waals surface area contributed by atoms with E-state index in [-0.39, 0.29) is 0 Å². The molecule has 0 spiro atoms. The van der Waals surface area contributed by atoms with E-state index in [1.54, 1.807) is 20.4 Å². The molecule has 0 atom stereocenters. The van der Waals surface area contributed by atoms with Crippen molar-refractivity contribution in [3.8, 4) is 5.75 Å². The highest BCUT2D eigenvalue weighted by molar-refractivity contribution is 5.98. The Morgan fingerprint density at radius 3 is 2.72 bits per heavy atom. The molecule has 0 bridgehead atoms. The van der Waals surface area contributed by atoms with Gasteiger partial charge in [0.25, 0.3) is 0 Å². The van der Waals surface area contributed by atoms with Crippen LogP contribution in [-0.2, 0) is 11.3 Å². The fourth-order valence-electron chi connectivity index (χ4n) is 2.63. The second kappa shape index (κ2) is 7.04. The molecule has 2 N–H and O–H groups in total. The van der Waals surface area contributed by atoms with Crippen LogP contribution in [-0.4, -0.2) is 40.0 Å². The minimum absolute atomic E-state index is 0.550. The summed E-state index contributed by atoms with van der Waals surface area (Å²) >= 11 is 0. The fraction of sp³-hybridized carbons (Fsp3) is 0.167. The van der Waals surface area contributed by atoms with E-state index in [0.717, 1.165) is 28.3 Å². The molecular weight excluding hydrogens is 320 g/mol. The summed E-state index contributed by atoms with van der Waals surface area (Å²) in [5, 5.41) is 17.3. The molecule has 3 aromatic rings. The quantitative estimate of drug-likeness (QED) is 0.672. The van der Waals surface area contributed by atoms with Crippen molar-refractivity contribution >= 4 is 28.8 Å². The average molecular weight is 338 g/mol. The monoisotopic (exact) mass is 338 g/mol. The maximum absolute atomic E-state index is 10.9. The Morgan fingerprint density at radius 2 is 2.08 bits per heavy atom. The molecule has 2 aromatic heterocycles. The number of anilines is 1. The van der Waals surface area contributed by atoms with Crippen molar-refractivity contribution in [2.75, 3.05) is 19.5 Å². The minimum Gasteiger partial charge on any atom is -0.497 e. The highest BCUT2D eigenvalue weighted by Crippen LogP contribution is 2.26. The molecule has 2 heterocycles. The minimum atomic E-state index is -1.02. The highest BCUT2D eigenvalue weighted by atomic mass is 16.5. The van der Waals surface area contributed by atoms with Gasteiger partial charge in [-0.15, -0.1) is 0 Å². The second-order valence-electron chi connectivity index (χ2n) is 5.37. The van der Waals surface area contributed by atoms with E-state index < -0.39 is 5.97 Å². The fourth-order valence-corrected chi connectivity index (χ4v) is 2.63. The number of carboxylic acids is 1. The van der Waals surface area contributed by atoms with Gasteiger partial charge in [-0.25, -0.2) is 9.78 Å². The van der Waals surface area contributed by atoms with E-state index in [4.69, 9.17) is 9.84 Å². The SMILES string of the molecule is CNc1nccc2c1c(/C=C/C(=O)O)nn2Cc1ccc(OC)cc1. The van der Waals surface area contributed by atoms with E-state index >= 15 is 0 Å². The molecule has 0 saturated heterocycles. The Hall–Kier alpha value is -3.35. The molecule has 7 nitrogen and oxygen atoms in total. The van der Waals surface area contributed by atoms with E-state index in [1.165, 1.54) is 6.08 Å². The van der Waals surface area contributed by atoms with Crippen LogP contribution in [0.2, 0.25) is 0 Å². The lowest BCUT2D eigenvalue weighted by Crippen LogP contribution is -2.02. The van der Waals surface area contributed by atoms with Gasteiger partial charge in [0.2, 0.25) is 0 Å². The van der Waals surface area contributed by atoms with Crippen molar-refractivity contribution in [3.63, 3.8) is 0 Å². The van der Waals surface area contributed by atoms with Crippen LogP contribution in [0.1, 0.15) is 11.3 Å². The van der Waals surface area contributed by atoms with E-state index in [0.29, 0.717) is 18.1 Å². The molecule has 0 radical (unpaired) electrons. The van der Waals surface area contributed by atoms with Gasteiger partial charge in [0, 0.05) is 19.3 Å². The maximum Gasteiger partial charge on any atom is 0.328 e. The van der Waals surface area contributed by atoms with Crippen molar-refractivity contribution in [2.45, 2.75) is 6.54 Å². The van der Waals surface area contributed by atoms with Crippen LogP contribution in [0.3, 0.4) is 0 Å². The Labute approximate surface area is 144 Å². The molecule has 1 aromatic carbocycles. The first-order valence-electron chi connectivity index (χ1n) is 7.69. The van der Waals surface area contributed by atoms with Gasteiger partial charge in [-0.1, -0.05) is 12.1 Å². The van der Waals surface area contributed by atoms with E-state index in [1.807, 2.05) is 35.0 Å². The molecule has 25 heavy (non-hydrogen) atoms. The largest absolute Gasteiger partial charge is 0.497 e. The molecule has 0 aliphatic carbocycles. The topological polar surface area (TPSA) is 89.3 Å². The molecule has 7 heteroatoms. The maximum atomic E-state index is 10.9. The zero-order chi connectivity index (χ0) is 17.8. The van der Waals surface area contributed by atoms with E-state index in [9.17, 15) is 4.79 Å². The number of benzene rings is 1. The van der Waals surface area contributed by atoms with Crippen LogP contribution in [0.5, 0.6) is 5.75 Å². The van der Waals surface area contributed by atoms with Crippen molar-refractivity contribution in [2.24, 2.45) is 0 Å². The molecule has 0 saturated carbocycles. The van der Waals surface area contributed by atoms with Crippen LogP contribution in [0, 0.1) is 0 Å². The Kier molecular flexibility index (Phi) is 4.65. The number of nitrogens with one attached hydrogen (secondary N) is 1. The molecule has 0 aliphatic rings. The Balaban J connectivity index is 2.06. The van der Waals surface area contributed by atoms with Crippen LogP contribution in [0.25, 0.3) is 17.0 Å². The molecule has 3 rings (SSSR count). The van der Waals surface area contributed by atoms with Crippen LogP contribution < -0.4 is 10.1 Å². The summed E-state index contributed by atoms with van der Waals surface area (Å²) in [4.78, 5) is 15.2.